The SMILES string of the molecule is CC(C)(C)c1ccc2c3ccc(C(C)(C)C)cc3n(-c3ccc4c(c3)N(c3c(-c5ccccc5)cc(-c5ccccc5)cc3-c3ccccc3)c3cc(-c5ccc6c(c5)C(C)(C)c5ccccc5N6c5ccccc5)cc5c3B4c3ccc(-n4c6cc(C(C)(C)C)ccc6c6ccc(C(C)(C)C)cc64)cc3N5c3c(-c4ccccc4)cc(-c4ccccc4)cc3-c3ccccc3)c2c1. The molecule has 0 amide bonds. The molecule has 0 bridgehead atoms. The third-order valence-corrected chi connectivity index (χ3v) is 28.9. The van der Waals surface area contributed by atoms with Gasteiger partial charge in [0.05, 0.1) is 44.8 Å². The predicted octanol–water partition coefficient (Wildman–Crippen LogP) is 32.9. The monoisotopic (exact) mass is 1710 g/mol. The minimum absolute atomic E-state index is 0.146. The van der Waals surface area contributed by atoms with Gasteiger partial charge < -0.3 is 23.8 Å². The van der Waals surface area contributed by atoms with Crippen molar-refractivity contribution in [3.05, 3.63) is 434 Å². The molecule has 133 heavy (non-hydrogen) atoms. The zero-order chi connectivity index (χ0) is 90.9. The van der Waals surface area contributed by atoms with Gasteiger partial charge in [-0.3, -0.25) is 0 Å². The topological polar surface area (TPSA) is 19.6 Å². The molecule has 0 saturated carbocycles. The Morgan fingerprint density at radius 2 is 0.519 bits per heavy atom. The highest BCUT2D eigenvalue weighted by Gasteiger charge is 2.47. The van der Waals surface area contributed by atoms with Crippen LogP contribution >= 0.6 is 0 Å². The summed E-state index contributed by atoms with van der Waals surface area (Å²) in [6.07, 6.45) is 0. The van der Waals surface area contributed by atoms with Gasteiger partial charge in [0.1, 0.15) is 0 Å². The maximum absolute atomic E-state index is 2.77. The number of nitrogens with zero attached hydrogens (tertiary/aromatic N) is 5. The first-order valence-electron chi connectivity index (χ1n) is 47.3. The van der Waals surface area contributed by atoms with Gasteiger partial charge in [0, 0.05) is 89.0 Å². The van der Waals surface area contributed by atoms with Crippen LogP contribution in [0.3, 0.4) is 0 Å². The number of para-hydroxylation sites is 2. The van der Waals surface area contributed by atoms with E-state index < -0.39 is 5.41 Å². The van der Waals surface area contributed by atoms with Crippen LogP contribution in [0, 0.1) is 0 Å². The molecule has 3 aliphatic rings. The fourth-order valence-electron chi connectivity index (χ4n) is 21.8. The molecule has 5 nitrogen and oxygen atoms in total. The Bertz CT molecular complexity index is 7380. The molecule has 0 fully saturated rings. The van der Waals surface area contributed by atoms with Crippen molar-refractivity contribution >= 4 is 118 Å². The van der Waals surface area contributed by atoms with E-state index in [2.05, 4.69) is 521 Å². The van der Waals surface area contributed by atoms with Crippen molar-refractivity contribution in [2.45, 2.75) is 124 Å². The van der Waals surface area contributed by atoms with Crippen molar-refractivity contribution in [1.82, 2.24) is 9.13 Å². The van der Waals surface area contributed by atoms with Crippen LogP contribution < -0.4 is 31.1 Å². The molecule has 0 atom stereocenters. The van der Waals surface area contributed by atoms with Crippen LogP contribution in [0.25, 0.3) is 133 Å². The molecule has 0 radical (unpaired) electrons. The molecular formula is C127H108BN5. The summed E-state index contributed by atoms with van der Waals surface area (Å²) in [6.45, 7) is 32.7. The van der Waals surface area contributed by atoms with Gasteiger partial charge in [0.25, 0.3) is 6.71 Å². The van der Waals surface area contributed by atoms with Crippen molar-refractivity contribution in [3.8, 4) is 89.3 Å². The van der Waals surface area contributed by atoms with Gasteiger partial charge in [-0.1, -0.05) is 382 Å². The first kappa shape index (κ1) is 82.4. The standard InChI is InChI=1S/C127H108BN5/c1-123(2,3)91-55-61-98-99-62-56-92(124(4,5)6)76-113(99)130(112(98)75-91)96-59-65-108-116(79-96)132(121-102(83-42-26-17-27-43-83)68-88(81-38-22-15-23-39-81)69-103(121)84-44-28-18-29-45-84)118-73-90(87-54-67-111-107(72-87)127(13,14)106-52-36-37-53-110(106)129(111)95-50-34-21-35-51-95)74-119-120(118)128(108)109-66-60-97(131-114-77-93(125(7,8)9)57-63-100(114)101-64-58-94(78-115(101)131)126(10,11)12)80-117(109)133(119)122-104(85-46-30-19-31-47-85)70-89(82-40-24-16-25-41-82)71-105(122)86-48-32-20-33-49-86/h15-80H,1-14H3. The quantitative estimate of drug-likeness (QED) is 0.114. The predicted molar refractivity (Wildman–Crippen MR) is 569 cm³/mol. The third-order valence-electron chi connectivity index (χ3n) is 28.9. The molecule has 0 spiro atoms. The largest absolute Gasteiger partial charge is 0.310 e. The van der Waals surface area contributed by atoms with E-state index in [0.717, 1.165) is 135 Å². The van der Waals surface area contributed by atoms with Crippen LogP contribution in [-0.4, -0.2) is 15.8 Å². The highest BCUT2D eigenvalue weighted by molar-refractivity contribution is 7.00. The lowest BCUT2D eigenvalue weighted by Gasteiger charge is -2.46. The van der Waals surface area contributed by atoms with Crippen LogP contribution in [0.4, 0.5) is 51.2 Å². The smallest absolute Gasteiger partial charge is 0.252 e. The van der Waals surface area contributed by atoms with Crippen molar-refractivity contribution < 1.29 is 0 Å². The number of rotatable bonds is 12. The molecule has 0 aliphatic carbocycles. The zero-order valence-electron chi connectivity index (χ0n) is 78.4. The molecule has 20 aromatic rings. The lowest BCUT2D eigenvalue weighted by molar-refractivity contribution is 0.590. The Balaban J connectivity index is 0.927. The number of benzene rings is 18. The average molecular weight is 1720 g/mol. The Hall–Kier alpha value is -15.0. The first-order valence-corrected chi connectivity index (χ1v) is 47.3. The van der Waals surface area contributed by atoms with E-state index in [1.165, 1.54) is 99.1 Å². The second kappa shape index (κ2) is 31.1. The minimum atomic E-state index is -0.447. The van der Waals surface area contributed by atoms with Crippen LogP contribution in [0.5, 0.6) is 0 Å². The van der Waals surface area contributed by atoms with Crippen LogP contribution in [-0.2, 0) is 27.1 Å². The normalized spacial score (nSPS) is 13.5. The van der Waals surface area contributed by atoms with Gasteiger partial charge in [0.15, 0.2) is 0 Å². The van der Waals surface area contributed by atoms with Gasteiger partial charge in [0.2, 0.25) is 0 Å². The Labute approximate surface area is 783 Å². The fourth-order valence-corrected chi connectivity index (χ4v) is 21.8. The molecule has 0 unspecified atom stereocenters. The van der Waals surface area contributed by atoms with E-state index in [4.69, 9.17) is 0 Å². The molecule has 3 aliphatic heterocycles. The molecule has 6 heteroatoms. The highest BCUT2D eigenvalue weighted by atomic mass is 15.2. The molecule has 644 valence electrons. The Morgan fingerprint density at radius 3 is 0.865 bits per heavy atom. The summed E-state index contributed by atoms with van der Waals surface area (Å²) in [7, 11) is 0. The lowest BCUT2D eigenvalue weighted by atomic mass is 9.33. The lowest BCUT2D eigenvalue weighted by Crippen LogP contribution is -2.61. The molecule has 23 rings (SSSR count). The van der Waals surface area contributed by atoms with Crippen molar-refractivity contribution in [1.29, 1.82) is 0 Å². The van der Waals surface area contributed by atoms with Gasteiger partial charge in [-0.05, 0) is 242 Å². The summed E-state index contributed by atoms with van der Waals surface area (Å²) in [6, 6.07) is 154. The highest BCUT2D eigenvalue weighted by Crippen LogP contribution is 2.59. The fraction of sp³-hybridized carbons (Fsp3) is 0.150. The summed E-state index contributed by atoms with van der Waals surface area (Å²) in [5.41, 5.74) is 42.6. The number of fused-ring (bicyclic) bond motifs is 12. The van der Waals surface area contributed by atoms with Crippen LogP contribution in [0.15, 0.2) is 400 Å². The van der Waals surface area contributed by atoms with Crippen molar-refractivity contribution in [2.24, 2.45) is 0 Å². The van der Waals surface area contributed by atoms with E-state index in [1.807, 2.05) is 0 Å². The minimum Gasteiger partial charge on any atom is -0.310 e. The van der Waals surface area contributed by atoms with Crippen molar-refractivity contribution in [2.75, 3.05) is 14.7 Å². The van der Waals surface area contributed by atoms with E-state index in [1.54, 1.807) is 0 Å². The zero-order valence-corrected chi connectivity index (χ0v) is 78.4. The summed E-state index contributed by atoms with van der Waals surface area (Å²) in [5, 5.41) is 4.90. The van der Waals surface area contributed by atoms with Gasteiger partial charge in [-0.2, -0.15) is 0 Å². The third kappa shape index (κ3) is 13.8. The van der Waals surface area contributed by atoms with E-state index in [0.29, 0.717) is 0 Å². The van der Waals surface area contributed by atoms with Gasteiger partial charge in [-0.25, -0.2) is 0 Å². The maximum atomic E-state index is 2.77. The number of anilines is 9. The second-order valence-electron chi connectivity index (χ2n) is 41.7. The van der Waals surface area contributed by atoms with Crippen molar-refractivity contribution in [3.63, 3.8) is 0 Å². The average Bonchev–Trinajstić information content (AvgIpc) is 1.15. The molecule has 2 aromatic heterocycles. The van der Waals surface area contributed by atoms with E-state index >= 15 is 0 Å². The summed E-state index contributed by atoms with van der Waals surface area (Å²) in [4.78, 5) is 8.03. The number of hydrogen-bond acceptors (Lipinski definition) is 3. The molecule has 0 saturated heterocycles. The maximum Gasteiger partial charge on any atom is 0.252 e. The molecular weight excluding hydrogens is 1610 g/mol. The van der Waals surface area contributed by atoms with Crippen LogP contribution in [0.1, 0.15) is 130 Å². The summed E-state index contributed by atoms with van der Waals surface area (Å²) >= 11 is 0. The summed E-state index contributed by atoms with van der Waals surface area (Å²) < 4.78 is 5.23. The van der Waals surface area contributed by atoms with E-state index in [-0.39, 0.29) is 28.4 Å². The van der Waals surface area contributed by atoms with E-state index in [9.17, 15) is 0 Å². The Kier molecular flexibility index (Phi) is 19.3. The Morgan fingerprint density at radius 1 is 0.211 bits per heavy atom. The summed E-state index contributed by atoms with van der Waals surface area (Å²) in [5.74, 6) is 0. The number of aromatic nitrogens is 2. The second-order valence-corrected chi connectivity index (χ2v) is 41.7. The van der Waals surface area contributed by atoms with Gasteiger partial charge >= 0.3 is 0 Å². The molecule has 18 aromatic carbocycles. The van der Waals surface area contributed by atoms with Gasteiger partial charge in [-0.15, -0.1) is 0 Å². The first-order chi connectivity index (χ1) is 64.3. The van der Waals surface area contributed by atoms with Crippen LogP contribution in [0.2, 0.25) is 0 Å². The number of hydrogen-bond donors (Lipinski definition) is 0. The molecule has 5 heterocycles. The molecule has 0 N–H and O–H groups in total.